The van der Waals surface area contributed by atoms with Gasteiger partial charge in [0.05, 0.1) is 7.11 Å². The third-order valence-corrected chi connectivity index (χ3v) is 4.19. The van der Waals surface area contributed by atoms with E-state index in [-0.39, 0.29) is 5.91 Å². The Morgan fingerprint density at radius 3 is 2.82 bits per heavy atom. The standard InChI is InChI=1S/C17H21N3O2/c1-20-15-5-3-4-14(15)16(19-20)17(21)18-11-10-12-6-8-13(22-2)9-7-12/h6-9H,3-5,10-11H2,1-2H3,(H,18,21). The van der Waals surface area contributed by atoms with Gasteiger partial charge in [-0.15, -0.1) is 0 Å². The summed E-state index contributed by atoms with van der Waals surface area (Å²) in [6, 6.07) is 7.90. The largest absolute Gasteiger partial charge is 0.497 e. The van der Waals surface area contributed by atoms with Gasteiger partial charge in [-0.05, 0) is 43.4 Å². The molecule has 0 fully saturated rings. The molecule has 1 aliphatic carbocycles. The molecule has 116 valence electrons. The number of aromatic nitrogens is 2. The van der Waals surface area contributed by atoms with Crippen molar-refractivity contribution in [2.24, 2.45) is 7.05 Å². The number of carbonyl (C=O) groups excluding carboxylic acids is 1. The highest BCUT2D eigenvalue weighted by molar-refractivity contribution is 5.94. The number of hydrogen-bond donors (Lipinski definition) is 1. The number of methoxy groups -OCH3 is 1. The summed E-state index contributed by atoms with van der Waals surface area (Å²) in [4.78, 5) is 12.3. The quantitative estimate of drug-likeness (QED) is 0.917. The van der Waals surface area contributed by atoms with E-state index in [4.69, 9.17) is 4.74 Å². The molecule has 2 aromatic rings. The number of hydrogen-bond acceptors (Lipinski definition) is 3. The van der Waals surface area contributed by atoms with E-state index in [0.717, 1.165) is 37.0 Å². The molecule has 1 aliphatic rings. The first-order valence-corrected chi connectivity index (χ1v) is 7.65. The summed E-state index contributed by atoms with van der Waals surface area (Å²) in [5.41, 5.74) is 4.11. The Kier molecular flexibility index (Phi) is 4.13. The lowest BCUT2D eigenvalue weighted by molar-refractivity contribution is 0.0947. The van der Waals surface area contributed by atoms with Crippen molar-refractivity contribution >= 4 is 5.91 Å². The molecule has 1 heterocycles. The lowest BCUT2D eigenvalue weighted by atomic mass is 10.1. The molecule has 0 atom stereocenters. The smallest absolute Gasteiger partial charge is 0.272 e. The lowest BCUT2D eigenvalue weighted by Crippen LogP contribution is -2.27. The predicted molar refractivity (Wildman–Crippen MR) is 84.3 cm³/mol. The van der Waals surface area contributed by atoms with E-state index in [1.807, 2.05) is 36.0 Å². The molecule has 22 heavy (non-hydrogen) atoms. The van der Waals surface area contributed by atoms with Crippen LogP contribution in [0, 0.1) is 0 Å². The minimum Gasteiger partial charge on any atom is -0.497 e. The van der Waals surface area contributed by atoms with E-state index >= 15 is 0 Å². The van der Waals surface area contributed by atoms with Crippen molar-refractivity contribution in [3.8, 4) is 5.75 Å². The van der Waals surface area contributed by atoms with Crippen molar-refractivity contribution in [3.63, 3.8) is 0 Å². The first kappa shape index (κ1) is 14.6. The summed E-state index contributed by atoms with van der Waals surface area (Å²) < 4.78 is 6.98. The fourth-order valence-electron chi connectivity index (χ4n) is 2.99. The second-order valence-electron chi connectivity index (χ2n) is 5.60. The maximum atomic E-state index is 12.3. The monoisotopic (exact) mass is 299 g/mol. The molecule has 1 N–H and O–H groups in total. The van der Waals surface area contributed by atoms with Crippen LogP contribution < -0.4 is 10.1 Å². The summed E-state index contributed by atoms with van der Waals surface area (Å²) >= 11 is 0. The molecule has 1 aromatic heterocycles. The number of benzene rings is 1. The topological polar surface area (TPSA) is 56.1 Å². The van der Waals surface area contributed by atoms with E-state index in [1.165, 1.54) is 11.3 Å². The van der Waals surface area contributed by atoms with Gasteiger partial charge in [0.2, 0.25) is 0 Å². The van der Waals surface area contributed by atoms with Crippen molar-refractivity contribution in [2.75, 3.05) is 13.7 Å². The summed E-state index contributed by atoms with van der Waals surface area (Å²) in [7, 11) is 3.57. The fraction of sp³-hybridized carbons (Fsp3) is 0.412. The third kappa shape index (κ3) is 2.84. The van der Waals surface area contributed by atoms with Gasteiger partial charge >= 0.3 is 0 Å². The van der Waals surface area contributed by atoms with Crippen LogP contribution in [-0.4, -0.2) is 29.3 Å². The Morgan fingerprint density at radius 1 is 1.32 bits per heavy atom. The molecule has 0 saturated carbocycles. The summed E-state index contributed by atoms with van der Waals surface area (Å²) in [5.74, 6) is 0.782. The second kappa shape index (κ2) is 6.22. The van der Waals surface area contributed by atoms with Gasteiger partial charge < -0.3 is 10.1 Å². The zero-order valence-corrected chi connectivity index (χ0v) is 13.1. The average molecular weight is 299 g/mol. The molecule has 1 amide bonds. The predicted octanol–water partition coefficient (Wildman–Crippen LogP) is 1.89. The molecule has 5 nitrogen and oxygen atoms in total. The number of nitrogens with zero attached hydrogens (tertiary/aromatic N) is 2. The zero-order chi connectivity index (χ0) is 15.5. The van der Waals surface area contributed by atoms with Crippen LogP contribution in [0.1, 0.15) is 33.7 Å². The summed E-state index contributed by atoms with van der Waals surface area (Å²) in [5, 5.41) is 7.34. The molecule has 0 saturated heterocycles. The van der Waals surface area contributed by atoms with Crippen LogP contribution in [0.4, 0.5) is 0 Å². The minimum absolute atomic E-state index is 0.0627. The van der Waals surface area contributed by atoms with Gasteiger partial charge in [0, 0.05) is 24.8 Å². The highest BCUT2D eigenvalue weighted by Gasteiger charge is 2.24. The van der Waals surface area contributed by atoms with Crippen molar-refractivity contribution in [2.45, 2.75) is 25.7 Å². The van der Waals surface area contributed by atoms with Gasteiger partial charge in [0.15, 0.2) is 5.69 Å². The summed E-state index contributed by atoms with van der Waals surface area (Å²) in [6.07, 6.45) is 3.90. The first-order chi connectivity index (χ1) is 10.7. The Morgan fingerprint density at radius 2 is 2.09 bits per heavy atom. The fourth-order valence-corrected chi connectivity index (χ4v) is 2.99. The van der Waals surface area contributed by atoms with E-state index in [1.54, 1.807) is 7.11 Å². The Hall–Kier alpha value is -2.30. The van der Waals surface area contributed by atoms with Crippen LogP contribution in [0.15, 0.2) is 24.3 Å². The number of fused-ring (bicyclic) bond motifs is 1. The van der Waals surface area contributed by atoms with Crippen LogP contribution in [0.25, 0.3) is 0 Å². The highest BCUT2D eigenvalue weighted by Crippen LogP contribution is 2.24. The van der Waals surface area contributed by atoms with Gasteiger partial charge in [-0.3, -0.25) is 9.48 Å². The minimum atomic E-state index is -0.0627. The van der Waals surface area contributed by atoms with Crippen LogP contribution >= 0.6 is 0 Å². The maximum Gasteiger partial charge on any atom is 0.272 e. The number of ether oxygens (including phenoxy) is 1. The summed E-state index contributed by atoms with van der Waals surface area (Å²) in [6.45, 7) is 0.608. The maximum absolute atomic E-state index is 12.3. The number of rotatable bonds is 5. The van der Waals surface area contributed by atoms with Crippen LogP contribution in [0.2, 0.25) is 0 Å². The van der Waals surface area contributed by atoms with Crippen LogP contribution in [0.5, 0.6) is 5.75 Å². The van der Waals surface area contributed by atoms with Crippen molar-refractivity contribution in [1.82, 2.24) is 15.1 Å². The second-order valence-corrected chi connectivity index (χ2v) is 5.60. The number of amides is 1. The van der Waals surface area contributed by atoms with Crippen molar-refractivity contribution < 1.29 is 9.53 Å². The normalized spacial score (nSPS) is 13.0. The Labute approximate surface area is 130 Å². The molecule has 0 spiro atoms. The van der Waals surface area contributed by atoms with E-state index in [9.17, 15) is 4.79 Å². The van der Waals surface area contributed by atoms with Gasteiger partial charge in [0.25, 0.3) is 5.91 Å². The molecule has 5 heteroatoms. The Bertz CT molecular complexity index is 674. The zero-order valence-electron chi connectivity index (χ0n) is 13.1. The van der Waals surface area contributed by atoms with E-state index < -0.39 is 0 Å². The highest BCUT2D eigenvalue weighted by atomic mass is 16.5. The number of nitrogens with one attached hydrogen (secondary N) is 1. The molecule has 0 unspecified atom stereocenters. The molecule has 0 bridgehead atoms. The van der Waals surface area contributed by atoms with Crippen molar-refractivity contribution in [3.05, 3.63) is 46.8 Å². The first-order valence-electron chi connectivity index (χ1n) is 7.65. The SMILES string of the molecule is COc1ccc(CCNC(=O)c2nn(C)c3c2CCC3)cc1. The van der Waals surface area contributed by atoms with Gasteiger partial charge in [-0.1, -0.05) is 12.1 Å². The molecule has 0 radical (unpaired) electrons. The molecule has 3 rings (SSSR count). The third-order valence-electron chi connectivity index (χ3n) is 4.19. The van der Waals surface area contributed by atoms with Gasteiger partial charge in [-0.2, -0.15) is 5.10 Å². The van der Waals surface area contributed by atoms with Crippen LogP contribution in [0.3, 0.4) is 0 Å². The van der Waals surface area contributed by atoms with E-state index in [0.29, 0.717) is 12.2 Å². The van der Waals surface area contributed by atoms with Gasteiger partial charge in [-0.25, -0.2) is 0 Å². The molecule has 1 aromatic carbocycles. The lowest BCUT2D eigenvalue weighted by Gasteiger charge is -2.06. The molecular formula is C17H21N3O2. The van der Waals surface area contributed by atoms with Crippen LogP contribution in [-0.2, 0) is 26.3 Å². The number of aryl methyl sites for hydroxylation is 1. The number of carbonyl (C=O) groups is 1. The van der Waals surface area contributed by atoms with E-state index in [2.05, 4.69) is 10.4 Å². The molecule has 0 aliphatic heterocycles. The Balaban J connectivity index is 1.57. The van der Waals surface area contributed by atoms with Crippen molar-refractivity contribution in [1.29, 1.82) is 0 Å². The molecular weight excluding hydrogens is 278 g/mol. The average Bonchev–Trinajstić information content (AvgIpc) is 3.12. The van der Waals surface area contributed by atoms with Gasteiger partial charge in [0.1, 0.15) is 5.75 Å².